The van der Waals surface area contributed by atoms with Crippen molar-refractivity contribution in [2.45, 2.75) is 6.42 Å². The van der Waals surface area contributed by atoms with E-state index in [4.69, 9.17) is 5.73 Å². The molecule has 0 aliphatic carbocycles. The van der Waals surface area contributed by atoms with Gasteiger partial charge in [-0.25, -0.2) is 9.37 Å². The van der Waals surface area contributed by atoms with Gasteiger partial charge in [-0.2, -0.15) is 0 Å². The molecule has 103 valence electrons. The summed E-state index contributed by atoms with van der Waals surface area (Å²) in [5.41, 5.74) is 5.28. The molecule has 20 heavy (non-hydrogen) atoms. The van der Waals surface area contributed by atoms with Crippen molar-refractivity contribution in [3.8, 4) is 0 Å². The fourth-order valence-corrected chi connectivity index (χ4v) is 1.72. The fraction of sp³-hybridized carbons (Fsp3) is 0.0769. The third-order valence-electron chi connectivity index (χ3n) is 2.59. The maximum absolute atomic E-state index is 13.5. The van der Waals surface area contributed by atoms with Gasteiger partial charge in [0.25, 0.3) is 5.91 Å². The van der Waals surface area contributed by atoms with Crippen LogP contribution in [-0.2, 0) is 11.2 Å². The molecule has 0 unspecified atom stereocenters. The summed E-state index contributed by atoms with van der Waals surface area (Å²) in [6, 6.07) is 4.14. The number of imidazole rings is 1. The number of hydrogen-bond donors (Lipinski definition) is 3. The molecule has 0 spiro atoms. The van der Waals surface area contributed by atoms with Gasteiger partial charge in [0.15, 0.2) is 0 Å². The van der Waals surface area contributed by atoms with Crippen LogP contribution in [0.25, 0.3) is 0 Å². The number of aromatic nitrogens is 2. The number of carbonyl (C=O) groups is 2. The molecule has 6 nitrogen and oxygen atoms in total. The zero-order chi connectivity index (χ0) is 14.5. The van der Waals surface area contributed by atoms with Crippen LogP contribution in [0.3, 0.4) is 0 Å². The highest BCUT2D eigenvalue weighted by molar-refractivity contribution is 5.97. The second-order valence-corrected chi connectivity index (χ2v) is 3.97. The topological polar surface area (TPSA) is 101 Å². The molecule has 2 rings (SSSR count). The zero-order valence-electron chi connectivity index (χ0n) is 10.4. The first-order chi connectivity index (χ1) is 9.58. The van der Waals surface area contributed by atoms with E-state index in [1.54, 1.807) is 12.3 Å². The Morgan fingerprint density at radius 1 is 1.45 bits per heavy atom. The van der Waals surface area contributed by atoms with Gasteiger partial charge in [0.05, 0.1) is 12.0 Å². The van der Waals surface area contributed by atoms with E-state index in [1.165, 1.54) is 18.7 Å². The van der Waals surface area contributed by atoms with Crippen LogP contribution >= 0.6 is 0 Å². The van der Waals surface area contributed by atoms with Gasteiger partial charge in [0.2, 0.25) is 11.9 Å². The van der Waals surface area contributed by atoms with E-state index in [2.05, 4.69) is 15.3 Å². The molecule has 0 aliphatic heterocycles. The number of halogens is 1. The number of H-pyrrole nitrogens is 1. The number of nitrogens with one attached hydrogen (secondary N) is 2. The standard InChI is InChI=1S/C13H12FN4O2/c14-9-3-1-2-8(11(9)12(15)20)4-5-10(19)18-13-16-6-7-17-13/h1-3,5-7H,4H2,(H2,15,20)(H2,16,17,18,19). The lowest BCUT2D eigenvalue weighted by atomic mass is 10.0. The molecule has 0 aliphatic rings. The monoisotopic (exact) mass is 275 g/mol. The first-order valence-corrected chi connectivity index (χ1v) is 5.78. The van der Waals surface area contributed by atoms with E-state index in [9.17, 15) is 14.0 Å². The Morgan fingerprint density at radius 2 is 2.25 bits per heavy atom. The molecule has 7 heteroatoms. The molecule has 0 saturated carbocycles. The Morgan fingerprint density at radius 3 is 2.90 bits per heavy atom. The Labute approximate surface area is 114 Å². The van der Waals surface area contributed by atoms with Crippen LogP contribution in [0.2, 0.25) is 0 Å². The molecule has 1 heterocycles. The maximum atomic E-state index is 13.5. The zero-order valence-corrected chi connectivity index (χ0v) is 10.4. The number of carbonyl (C=O) groups excluding carboxylic acids is 2. The number of anilines is 1. The Hall–Kier alpha value is -2.70. The molecule has 0 fully saturated rings. The molecule has 2 aromatic rings. The minimum Gasteiger partial charge on any atom is -0.365 e. The van der Waals surface area contributed by atoms with Crippen LogP contribution < -0.4 is 11.1 Å². The second-order valence-electron chi connectivity index (χ2n) is 3.97. The van der Waals surface area contributed by atoms with E-state index in [-0.39, 0.29) is 12.0 Å². The van der Waals surface area contributed by atoms with Gasteiger partial charge in [0, 0.05) is 12.4 Å². The second kappa shape index (κ2) is 5.96. The van der Waals surface area contributed by atoms with Crippen molar-refractivity contribution in [1.82, 2.24) is 9.97 Å². The normalized spacial score (nSPS) is 10.2. The van der Waals surface area contributed by atoms with Crippen molar-refractivity contribution in [1.29, 1.82) is 0 Å². The van der Waals surface area contributed by atoms with E-state index >= 15 is 0 Å². The molecule has 1 aromatic heterocycles. The smallest absolute Gasteiger partial charge is 0.251 e. The number of rotatable bonds is 5. The average Bonchev–Trinajstić information content (AvgIpc) is 2.88. The molecular formula is C13H12FN4O2. The van der Waals surface area contributed by atoms with Crippen molar-refractivity contribution >= 4 is 17.8 Å². The van der Waals surface area contributed by atoms with Gasteiger partial charge >= 0.3 is 0 Å². The number of amides is 2. The number of nitrogens with zero attached hydrogens (tertiary/aromatic N) is 1. The van der Waals surface area contributed by atoms with Crippen LogP contribution in [0.15, 0.2) is 30.6 Å². The van der Waals surface area contributed by atoms with Gasteiger partial charge in [-0.05, 0) is 18.1 Å². The number of aromatic amines is 1. The van der Waals surface area contributed by atoms with Gasteiger partial charge in [0.1, 0.15) is 5.82 Å². The summed E-state index contributed by atoms with van der Waals surface area (Å²) in [5.74, 6) is -1.67. The van der Waals surface area contributed by atoms with Crippen molar-refractivity contribution < 1.29 is 14.0 Å². The molecule has 2 amide bonds. The summed E-state index contributed by atoms with van der Waals surface area (Å²) >= 11 is 0. The summed E-state index contributed by atoms with van der Waals surface area (Å²) in [6.07, 6.45) is 4.42. The minimum absolute atomic E-state index is 0.0859. The summed E-state index contributed by atoms with van der Waals surface area (Å²) in [5, 5.41) is 2.48. The quantitative estimate of drug-likeness (QED) is 0.759. The summed E-state index contributed by atoms with van der Waals surface area (Å²) < 4.78 is 13.5. The molecule has 4 N–H and O–H groups in total. The summed E-state index contributed by atoms with van der Waals surface area (Å²) in [6.45, 7) is 0. The third kappa shape index (κ3) is 3.19. The number of nitrogens with two attached hydrogens (primary N) is 1. The van der Waals surface area contributed by atoms with Crippen LogP contribution in [-0.4, -0.2) is 21.8 Å². The van der Waals surface area contributed by atoms with Crippen molar-refractivity contribution in [3.63, 3.8) is 0 Å². The molecular weight excluding hydrogens is 263 g/mol. The highest BCUT2D eigenvalue weighted by Gasteiger charge is 2.15. The predicted molar refractivity (Wildman–Crippen MR) is 70.1 cm³/mol. The van der Waals surface area contributed by atoms with Crippen LogP contribution in [0.5, 0.6) is 0 Å². The Kier molecular flexibility index (Phi) is 4.09. The largest absolute Gasteiger partial charge is 0.365 e. The molecule has 0 atom stereocenters. The summed E-state index contributed by atoms with van der Waals surface area (Å²) in [7, 11) is 0. The minimum atomic E-state index is -0.863. The predicted octanol–water partition coefficient (Wildman–Crippen LogP) is 1.03. The highest BCUT2D eigenvalue weighted by atomic mass is 19.1. The summed E-state index contributed by atoms with van der Waals surface area (Å²) in [4.78, 5) is 29.3. The maximum Gasteiger partial charge on any atom is 0.251 e. The van der Waals surface area contributed by atoms with Crippen molar-refractivity contribution in [3.05, 3.63) is 54.0 Å². The lowest BCUT2D eigenvalue weighted by Gasteiger charge is -2.07. The first kappa shape index (κ1) is 13.7. The van der Waals surface area contributed by atoms with Crippen LogP contribution in [0, 0.1) is 12.2 Å². The molecule has 0 bridgehead atoms. The van der Waals surface area contributed by atoms with Gasteiger partial charge in [-0.15, -0.1) is 0 Å². The lowest BCUT2D eigenvalue weighted by molar-refractivity contribution is -0.113. The molecule has 0 saturated heterocycles. The number of primary amides is 1. The molecule has 1 aromatic carbocycles. The number of benzene rings is 1. The average molecular weight is 275 g/mol. The van der Waals surface area contributed by atoms with Gasteiger partial charge in [-0.3, -0.25) is 14.9 Å². The van der Waals surface area contributed by atoms with Crippen LogP contribution in [0.1, 0.15) is 15.9 Å². The lowest BCUT2D eigenvalue weighted by Crippen LogP contribution is -2.18. The fourth-order valence-electron chi connectivity index (χ4n) is 1.72. The van der Waals surface area contributed by atoms with Gasteiger partial charge in [-0.1, -0.05) is 12.1 Å². The SMILES string of the molecule is NC(=O)c1c(F)cccc1C[CH]C(=O)Nc1ncc[nH]1. The van der Waals surface area contributed by atoms with Crippen molar-refractivity contribution in [2.75, 3.05) is 5.32 Å². The first-order valence-electron chi connectivity index (χ1n) is 5.78. The third-order valence-corrected chi connectivity index (χ3v) is 2.59. The van der Waals surface area contributed by atoms with E-state index in [1.807, 2.05) is 0 Å². The number of hydrogen-bond acceptors (Lipinski definition) is 3. The van der Waals surface area contributed by atoms with E-state index in [0.29, 0.717) is 11.5 Å². The van der Waals surface area contributed by atoms with Gasteiger partial charge < -0.3 is 10.7 Å². The van der Waals surface area contributed by atoms with Crippen LogP contribution in [0.4, 0.5) is 10.3 Å². The Bertz CT molecular complexity index is 625. The Balaban J connectivity index is 2.02. The van der Waals surface area contributed by atoms with E-state index < -0.39 is 17.6 Å². The van der Waals surface area contributed by atoms with E-state index in [0.717, 1.165) is 6.07 Å². The molecule has 1 radical (unpaired) electrons. The van der Waals surface area contributed by atoms with Crippen molar-refractivity contribution in [2.24, 2.45) is 5.73 Å². The highest BCUT2D eigenvalue weighted by Crippen LogP contribution is 2.14.